The number of nitrogens with one attached hydrogen (secondary N) is 1. The van der Waals surface area contributed by atoms with Crippen LogP contribution in [-0.4, -0.2) is 37.6 Å². The Morgan fingerprint density at radius 2 is 1.55 bits per heavy atom. The number of rotatable bonds is 16. The van der Waals surface area contributed by atoms with E-state index in [1.54, 1.807) is 0 Å². The first-order valence-corrected chi connectivity index (χ1v) is 12.7. The summed E-state index contributed by atoms with van der Waals surface area (Å²) in [6.45, 7) is 11.2. The second-order valence-corrected chi connectivity index (χ2v) is 9.74. The molecule has 1 fully saturated rings. The van der Waals surface area contributed by atoms with E-state index in [0.717, 1.165) is 11.8 Å². The third kappa shape index (κ3) is 12.4. The minimum Gasteiger partial charge on any atom is -0.316 e. The van der Waals surface area contributed by atoms with Gasteiger partial charge < -0.3 is 10.2 Å². The van der Waals surface area contributed by atoms with Crippen molar-refractivity contribution >= 4 is 0 Å². The van der Waals surface area contributed by atoms with Crippen molar-refractivity contribution in [2.24, 2.45) is 11.8 Å². The van der Waals surface area contributed by atoms with Crippen molar-refractivity contribution in [2.75, 3.05) is 32.7 Å². The summed E-state index contributed by atoms with van der Waals surface area (Å²) in [4.78, 5) is 2.68. The van der Waals surface area contributed by atoms with E-state index in [2.05, 4.69) is 54.4 Å². The van der Waals surface area contributed by atoms with Crippen molar-refractivity contribution in [3.8, 4) is 0 Å². The van der Waals surface area contributed by atoms with Gasteiger partial charge in [-0.1, -0.05) is 76.3 Å². The molecular formula is C27H48N2. The summed E-state index contributed by atoms with van der Waals surface area (Å²) in [6, 6.07) is 11.0. The number of nitrogens with zero attached hydrogens (tertiary/aromatic N) is 1. The van der Waals surface area contributed by atoms with Crippen LogP contribution >= 0.6 is 0 Å². The number of hydrogen-bond acceptors (Lipinski definition) is 2. The molecule has 1 saturated heterocycles. The minimum absolute atomic E-state index is 0.819. The maximum absolute atomic E-state index is 3.78. The van der Waals surface area contributed by atoms with Crippen LogP contribution in [0, 0.1) is 11.8 Å². The van der Waals surface area contributed by atoms with Crippen molar-refractivity contribution in [2.45, 2.75) is 90.9 Å². The lowest BCUT2D eigenvalue weighted by molar-refractivity contribution is 0.224. The topological polar surface area (TPSA) is 15.3 Å². The molecule has 0 saturated carbocycles. The van der Waals surface area contributed by atoms with Gasteiger partial charge in [-0.2, -0.15) is 0 Å². The Labute approximate surface area is 181 Å². The van der Waals surface area contributed by atoms with E-state index in [1.165, 1.54) is 115 Å². The highest BCUT2D eigenvalue weighted by molar-refractivity contribution is 5.14. The van der Waals surface area contributed by atoms with Crippen molar-refractivity contribution < 1.29 is 0 Å². The van der Waals surface area contributed by atoms with E-state index in [9.17, 15) is 0 Å². The van der Waals surface area contributed by atoms with E-state index in [0.29, 0.717) is 0 Å². The molecule has 2 nitrogen and oxygen atoms in total. The fourth-order valence-corrected chi connectivity index (χ4v) is 4.54. The van der Waals surface area contributed by atoms with Gasteiger partial charge in [0, 0.05) is 0 Å². The lowest BCUT2D eigenvalue weighted by atomic mass is 9.92. The Hall–Kier alpha value is -0.860. The lowest BCUT2D eigenvalue weighted by Crippen LogP contribution is -2.30. The quantitative estimate of drug-likeness (QED) is 0.311. The molecule has 2 heteroatoms. The third-order valence-corrected chi connectivity index (χ3v) is 6.55. The molecule has 1 aliphatic heterocycles. The van der Waals surface area contributed by atoms with Gasteiger partial charge in [0.25, 0.3) is 0 Å². The van der Waals surface area contributed by atoms with Crippen molar-refractivity contribution in [3.05, 3.63) is 35.9 Å². The summed E-state index contributed by atoms with van der Waals surface area (Å²) in [6.07, 6.45) is 16.6. The highest BCUT2D eigenvalue weighted by atomic mass is 15.1. The van der Waals surface area contributed by atoms with Gasteiger partial charge >= 0.3 is 0 Å². The number of benzene rings is 1. The Balaban J connectivity index is 1.49. The Morgan fingerprint density at radius 3 is 2.31 bits per heavy atom. The van der Waals surface area contributed by atoms with E-state index in [-0.39, 0.29) is 0 Å². The first-order chi connectivity index (χ1) is 14.2. The smallest absolute Gasteiger partial charge is 0.00187 e. The van der Waals surface area contributed by atoms with Crippen molar-refractivity contribution in [1.82, 2.24) is 10.2 Å². The van der Waals surface area contributed by atoms with Gasteiger partial charge in [0.15, 0.2) is 0 Å². The zero-order chi connectivity index (χ0) is 20.6. The molecule has 29 heavy (non-hydrogen) atoms. The Bertz CT molecular complexity index is 479. The van der Waals surface area contributed by atoms with E-state index in [4.69, 9.17) is 0 Å². The van der Waals surface area contributed by atoms with Gasteiger partial charge in [0.1, 0.15) is 0 Å². The molecule has 0 spiro atoms. The fraction of sp³-hybridized carbons (Fsp3) is 0.778. The molecule has 2 rings (SSSR count). The second-order valence-electron chi connectivity index (χ2n) is 9.74. The van der Waals surface area contributed by atoms with Crippen LogP contribution < -0.4 is 5.32 Å². The molecule has 1 heterocycles. The van der Waals surface area contributed by atoms with Gasteiger partial charge in [-0.05, 0) is 95.1 Å². The normalized spacial score (nSPS) is 16.4. The number of hydrogen-bond donors (Lipinski definition) is 1. The third-order valence-electron chi connectivity index (χ3n) is 6.55. The van der Waals surface area contributed by atoms with Gasteiger partial charge in [0.2, 0.25) is 0 Å². The maximum atomic E-state index is 3.78. The summed E-state index contributed by atoms with van der Waals surface area (Å²) in [5.41, 5.74) is 1.49. The van der Waals surface area contributed by atoms with Gasteiger partial charge in [-0.25, -0.2) is 0 Å². The molecule has 1 aromatic carbocycles. The van der Waals surface area contributed by atoms with Crippen molar-refractivity contribution in [1.29, 1.82) is 0 Å². The maximum Gasteiger partial charge on any atom is -0.00187 e. The number of unbranched alkanes of at least 4 members (excludes halogenated alkanes) is 4. The number of likely N-dealkylation sites (tertiary alicyclic amines) is 1. The van der Waals surface area contributed by atoms with E-state index >= 15 is 0 Å². The van der Waals surface area contributed by atoms with Crippen molar-refractivity contribution in [3.63, 3.8) is 0 Å². The predicted molar refractivity (Wildman–Crippen MR) is 129 cm³/mol. The Morgan fingerprint density at radius 1 is 0.828 bits per heavy atom. The average Bonchev–Trinajstić information content (AvgIpc) is 2.75. The molecule has 0 amide bonds. The molecule has 1 aromatic rings. The SMILES string of the molecule is CC(C)CCC(CCc1ccccc1)CNCCCCCCCN1CCCCC1. The fourth-order valence-electron chi connectivity index (χ4n) is 4.54. The van der Waals surface area contributed by atoms with Gasteiger partial charge in [-0.15, -0.1) is 0 Å². The molecule has 0 bridgehead atoms. The largest absolute Gasteiger partial charge is 0.316 e. The zero-order valence-corrected chi connectivity index (χ0v) is 19.5. The zero-order valence-electron chi connectivity index (χ0n) is 19.5. The van der Waals surface area contributed by atoms with Crippen LogP contribution in [0.1, 0.15) is 90.0 Å². The molecule has 1 aliphatic rings. The van der Waals surface area contributed by atoms with E-state index < -0.39 is 0 Å². The van der Waals surface area contributed by atoms with Crippen LogP contribution in [0.2, 0.25) is 0 Å². The first kappa shape index (κ1) is 24.4. The summed E-state index contributed by atoms with van der Waals surface area (Å²) in [5, 5.41) is 3.78. The molecule has 166 valence electrons. The number of piperidine rings is 1. The van der Waals surface area contributed by atoms with Crippen LogP contribution in [0.25, 0.3) is 0 Å². The van der Waals surface area contributed by atoms with Crippen LogP contribution in [0.4, 0.5) is 0 Å². The molecule has 1 N–H and O–H groups in total. The highest BCUT2D eigenvalue weighted by Gasteiger charge is 2.10. The Kier molecular flexibility index (Phi) is 13.4. The summed E-state index contributed by atoms with van der Waals surface area (Å²) >= 11 is 0. The molecule has 1 unspecified atom stereocenters. The predicted octanol–water partition coefficient (Wildman–Crippen LogP) is 6.70. The lowest BCUT2D eigenvalue weighted by Gasteiger charge is -2.26. The first-order valence-electron chi connectivity index (χ1n) is 12.7. The van der Waals surface area contributed by atoms with Crippen LogP contribution in [0.5, 0.6) is 0 Å². The average molecular weight is 401 g/mol. The van der Waals surface area contributed by atoms with E-state index in [1.807, 2.05) is 0 Å². The monoisotopic (exact) mass is 400 g/mol. The van der Waals surface area contributed by atoms with Crippen LogP contribution in [0.15, 0.2) is 30.3 Å². The second kappa shape index (κ2) is 15.9. The molecule has 0 aliphatic carbocycles. The number of aryl methyl sites for hydroxylation is 1. The standard InChI is InChI=1S/C27H48N2/c1-25(2)16-17-27(19-18-26-14-8-6-9-15-26)24-28-20-10-4-3-5-11-21-29-22-12-7-13-23-29/h6,8-9,14-15,25,27-28H,3-5,7,10-13,16-24H2,1-2H3. The molecular weight excluding hydrogens is 352 g/mol. The van der Waals surface area contributed by atoms with Crippen LogP contribution in [-0.2, 0) is 6.42 Å². The highest BCUT2D eigenvalue weighted by Crippen LogP contribution is 2.18. The summed E-state index contributed by atoms with van der Waals surface area (Å²) < 4.78 is 0. The van der Waals surface area contributed by atoms with Gasteiger partial charge in [0.05, 0.1) is 0 Å². The molecule has 0 radical (unpaired) electrons. The molecule has 0 aromatic heterocycles. The summed E-state index contributed by atoms with van der Waals surface area (Å²) in [7, 11) is 0. The van der Waals surface area contributed by atoms with Gasteiger partial charge in [-0.3, -0.25) is 0 Å². The molecule has 1 atom stereocenters. The summed E-state index contributed by atoms with van der Waals surface area (Å²) in [5.74, 6) is 1.64. The minimum atomic E-state index is 0.819. The van der Waals surface area contributed by atoms with Crippen LogP contribution in [0.3, 0.4) is 0 Å².